The number of nitrogens with one attached hydrogen (secondary N) is 2. The van der Waals surface area contributed by atoms with Crippen LogP contribution in [0.5, 0.6) is 0 Å². The molecular weight excluding hydrogens is 470 g/mol. The quantitative estimate of drug-likeness (QED) is 0.675. The molecule has 1 saturated heterocycles. The van der Waals surface area contributed by atoms with Crippen LogP contribution in [0.3, 0.4) is 0 Å². The summed E-state index contributed by atoms with van der Waals surface area (Å²) in [5, 5.41) is 5.54. The summed E-state index contributed by atoms with van der Waals surface area (Å²) in [6.07, 6.45) is 0.0892. The number of rotatable bonds is 4. The summed E-state index contributed by atoms with van der Waals surface area (Å²) in [5.41, 5.74) is 1.44. The maximum Gasteiger partial charge on any atom is 0.240 e. The van der Waals surface area contributed by atoms with Crippen LogP contribution in [-0.4, -0.2) is 22.2 Å². The third kappa shape index (κ3) is 5.17. The first-order chi connectivity index (χ1) is 12.0. The molecule has 25 heavy (non-hydrogen) atoms. The average molecular weight is 483 g/mol. The third-order valence-electron chi connectivity index (χ3n) is 3.33. The van der Waals surface area contributed by atoms with Crippen LogP contribution in [0.1, 0.15) is 6.42 Å². The smallest absolute Gasteiger partial charge is 0.240 e. The first kappa shape index (κ1) is 18.2. The Labute approximate surface area is 165 Å². The molecule has 2 aromatic rings. The van der Waals surface area contributed by atoms with Crippen LogP contribution in [-0.2, 0) is 9.59 Å². The summed E-state index contributed by atoms with van der Waals surface area (Å²) < 4.78 is 1.90. The Morgan fingerprint density at radius 2 is 1.68 bits per heavy atom. The number of nitrogens with zero attached hydrogens (tertiary/aromatic N) is 1. The van der Waals surface area contributed by atoms with Crippen molar-refractivity contribution in [2.45, 2.75) is 11.7 Å². The molecule has 0 aromatic heterocycles. The van der Waals surface area contributed by atoms with Gasteiger partial charge in [-0.25, -0.2) is 4.99 Å². The van der Waals surface area contributed by atoms with E-state index in [1.807, 2.05) is 36.4 Å². The van der Waals surface area contributed by atoms with E-state index in [0.717, 1.165) is 14.6 Å². The van der Waals surface area contributed by atoms with E-state index in [9.17, 15) is 9.59 Å². The van der Waals surface area contributed by atoms with Crippen LogP contribution in [0.2, 0.25) is 0 Å². The lowest BCUT2D eigenvalue weighted by Crippen LogP contribution is -2.28. The molecule has 8 heteroatoms. The van der Waals surface area contributed by atoms with E-state index in [1.54, 1.807) is 12.1 Å². The van der Waals surface area contributed by atoms with Gasteiger partial charge >= 0.3 is 0 Å². The van der Waals surface area contributed by atoms with Gasteiger partial charge < -0.3 is 10.6 Å². The zero-order chi connectivity index (χ0) is 17.8. The van der Waals surface area contributed by atoms with Crippen LogP contribution < -0.4 is 10.6 Å². The van der Waals surface area contributed by atoms with Crippen molar-refractivity contribution in [3.63, 3.8) is 0 Å². The monoisotopic (exact) mass is 481 g/mol. The molecule has 1 aliphatic rings. The Hall–Kier alpha value is -1.64. The minimum absolute atomic E-state index is 0.0892. The minimum atomic E-state index is -0.482. The van der Waals surface area contributed by atoms with Crippen molar-refractivity contribution in [2.24, 2.45) is 4.99 Å². The number of halogens is 2. The number of thioether (sulfide) groups is 1. The lowest BCUT2D eigenvalue weighted by Gasteiger charge is -2.07. The molecular formula is C17H13Br2N3O2S. The highest BCUT2D eigenvalue weighted by atomic mass is 79.9. The summed E-state index contributed by atoms with van der Waals surface area (Å²) >= 11 is 7.98. The maximum atomic E-state index is 12.1. The highest BCUT2D eigenvalue weighted by molar-refractivity contribution is 9.10. The molecule has 1 atom stereocenters. The van der Waals surface area contributed by atoms with Crippen LogP contribution in [0.15, 0.2) is 62.5 Å². The molecule has 0 bridgehead atoms. The molecule has 2 amide bonds. The van der Waals surface area contributed by atoms with Crippen LogP contribution >= 0.6 is 43.6 Å². The van der Waals surface area contributed by atoms with Gasteiger partial charge in [0, 0.05) is 21.1 Å². The van der Waals surface area contributed by atoms with E-state index >= 15 is 0 Å². The van der Waals surface area contributed by atoms with Crippen LogP contribution in [0.25, 0.3) is 0 Å². The second kappa shape index (κ2) is 8.16. The summed E-state index contributed by atoms with van der Waals surface area (Å²) in [7, 11) is 0. The largest absolute Gasteiger partial charge is 0.326 e. The van der Waals surface area contributed by atoms with E-state index < -0.39 is 5.25 Å². The summed E-state index contributed by atoms with van der Waals surface area (Å²) in [5.74, 6) is -0.410. The van der Waals surface area contributed by atoms with Gasteiger partial charge in [0.1, 0.15) is 5.25 Å². The average Bonchev–Trinajstić information content (AvgIpc) is 2.91. The molecule has 128 valence electrons. The lowest BCUT2D eigenvalue weighted by molar-refractivity contribution is -0.122. The summed E-state index contributed by atoms with van der Waals surface area (Å²) in [6.45, 7) is 0. The SMILES string of the molecule is O=C(C[C@@H]1SC(=Nc2ccc(Br)cc2)NC1=O)Nc1ccc(Br)cc1. The van der Waals surface area contributed by atoms with E-state index in [0.29, 0.717) is 10.9 Å². The first-order valence-corrected chi connectivity index (χ1v) is 9.83. The molecule has 0 unspecified atom stereocenters. The fourth-order valence-corrected chi connectivity index (χ4v) is 3.66. The molecule has 3 rings (SSSR count). The van der Waals surface area contributed by atoms with Crippen molar-refractivity contribution >= 4 is 72.0 Å². The van der Waals surface area contributed by atoms with Crippen LogP contribution in [0, 0.1) is 0 Å². The Kier molecular flexibility index (Phi) is 5.93. The minimum Gasteiger partial charge on any atom is -0.326 e. The molecule has 0 saturated carbocycles. The first-order valence-electron chi connectivity index (χ1n) is 7.37. The van der Waals surface area contributed by atoms with Gasteiger partial charge in [-0.1, -0.05) is 43.6 Å². The fourth-order valence-electron chi connectivity index (χ4n) is 2.14. The van der Waals surface area contributed by atoms with E-state index in [2.05, 4.69) is 47.5 Å². The predicted molar refractivity (Wildman–Crippen MR) is 108 cm³/mol. The molecule has 0 aliphatic carbocycles. The zero-order valence-electron chi connectivity index (χ0n) is 12.8. The number of hydrogen-bond acceptors (Lipinski definition) is 4. The molecule has 2 aromatic carbocycles. The number of hydrogen-bond donors (Lipinski definition) is 2. The van der Waals surface area contributed by atoms with Gasteiger partial charge in [0.05, 0.1) is 5.69 Å². The molecule has 2 N–H and O–H groups in total. The van der Waals surface area contributed by atoms with Gasteiger partial charge in [0.15, 0.2) is 5.17 Å². The Morgan fingerprint density at radius 1 is 1.08 bits per heavy atom. The third-order valence-corrected chi connectivity index (χ3v) is 5.47. The summed E-state index contributed by atoms with van der Waals surface area (Å²) in [4.78, 5) is 28.6. The normalized spacial score (nSPS) is 18.2. The van der Waals surface area contributed by atoms with Gasteiger partial charge in [-0.15, -0.1) is 0 Å². The number of amidine groups is 1. The number of carbonyl (C=O) groups excluding carboxylic acids is 2. The van der Waals surface area contributed by atoms with Gasteiger partial charge in [0.2, 0.25) is 11.8 Å². The van der Waals surface area contributed by atoms with Crippen molar-refractivity contribution in [1.82, 2.24) is 5.32 Å². The molecule has 1 fully saturated rings. The second-order valence-electron chi connectivity index (χ2n) is 5.25. The number of benzene rings is 2. The molecule has 0 radical (unpaired) electrons. The van der Waals surface area contributed by atoms with E-state index in [4.69, 9.17) is 0 Å². The van der Waals surface area contributed by atoms with Gasteiger partial charge in [0.25, 0.3) is 0 Å². The number of amides is 2. The highest BCUT2D eigenvalue weighted by Gasteiger charge is 2.32. The molecule has 0 spiro atoms. The number of anilines is 1. The fraction of sp³-hybridized carbons (Fsp3) is 0.118. The van der Waals surface area contributed by atoms with Gasteiger partial charge in [-0.3, -0.25) is 9.59 Å². The maximum absolute atomic E-state index is 12.1. The second-order valence-corrected chi connectivity index (χ2v) is 8.27. The predicted octanol–water partition coefficient (Wildman–Crippen LogP) is 4.46. The Balaban J connectivity index is 1.59. The molecule has 1 aliphatic heterocycles. The standard InChI is InChI=1S/C17H13Br2N3O2S/c18-10-1-5-12(6-2-10)20-15(23)9-14-16(24)22-17(25-14)21-13-7-3-11(19)4-8-13/h1-8,14H,9H2,(H,20,23)(H,21,22,24)/t14-/m0/s1. The van der Waals surface area contributed by atoms with Crippen LogP contribution in [0.4, 0.5) is 11.4 Å². The van der Waals surface area contributed by atoms with Gasteiger partial charge in [-0.05, 0) is 48.5 Å². The topological polar surface area (TPSA) is 70.6 Å². The zero-order valence-corrected chi connectivity index (χ0v) is 16.8. The van der Waals surface area contributed by atoms with Crippen molar-refractivity contribution < 1.29 is 9.59 Å². The Bertz CT molecular complexity index is 823. The van der Waals surface area contributed by atoms with E-state index in [-0.39, 0.29) is 18.2 Å². The number of carbonyl (C=O) groups is 2. The van der Waals surface area contributed by atoms with Crippen molar-refractivity contribution in [3.05, 3.63) is 57.5 Å². The van der Waals surface area contributed by atoms with Crippen molar-refractivity contribution in [1.29, 1.82) is 0 Å². The lowest BCUT2D eigenvalue weighted by atomic mass is 10.2. The van der Waals surface area contributed by atoms with Crippen molar-refractivity contribution in [2.75, 3.05) is 5.32 Å². The number of aliphatic imine (C=N–C) groups is 1. The Morgan fingerprint density at radius 3 is 2.32 bits per heavy atom. The summed E-state index contributed by atoms with van der Waals surface area (Å²) in [6, 6.07) is 14.7. The van der Waals surface area contributed by atoms with Crippen molar-refractivity contribution in [3.8, 4) is 0 Å². The van der Waals surface area contributed by atoms with Gasteiger partial charge in [-0.2, -0.15) is 0 Å². The molecule has 1 heterocycles. The molecule has 5 nitrogen and oxygen atoms in total. The van der Waals surface area contributed by atoms with E-state index in [1.165, 1.54) is 11.8 Å². The highest BCUT2D eigenvalue weighted by Crippen LogP contribution is 2.26.